The average Bonchev–Trinajstić information content (AvgIpc) is 2.44. The van der Waals surface area contributed by atoms with Crippen molar-refractivity contribution >= 4 is 5.69 Å². The monoisotopic (exact) mass is 206 g/mol. The van der Waals surface area contributed by atoms with Gasteiger partial charge in [-0.05, 0) is 43.1 Å². The molecule has 80 valence electrons. The fraction of sp³-hybridized carbons (Fsp3) is 0.500. The Kier molecular flexibility index (Phi) is 2.13. The molecule has 1 aromatic rings. The molecule has 2 aliphatic rings. The Balaban J connectivity index is 1.98. The zero-order valence-electron chi connectivity index (χ0n) is 8.59. The van der Waals surface area contributed by atoms with Crippen LogP contribution < -0.4 is 10.6 Å². The van der Waals surface area contributed by atoms with Gasteiger partial charge in [0.05, 0.1) is 0 Å². The summed E-state index contributed by atoms with van der Waals surface area (Å²) in [6.07, 6.45) is 2.37. The lowest BCUT2D eigenvalue weighted by atomic mass is 9.93. The third-order valence-corrected chi connectivity index (χ3v) is 3.47. The quantitative estimate of drug-likeness (QED) is 0.679. The molecule has 15 heavy (non-hydrogen) atoms. The van der Waals surface area contributed by atoms with Crippen molar-refractivity contribution in [2.24, 2.45) is 0 Å². The van der Waals surface area contributed by atoms with Gasteiger partial charge in [-0.15, -0.1) is 0 Å². The second kappa shape index (κ2) is 3.49. The van der Waals surface area contributed by atoms with Crippen LogP contribution in [-0.4, -0.2) is 19.1 Å². The van der Waals surface area contributed by atoms with E-state index in [-0.39, 0.29) is 5.82 Å². The van der Waals surface area contributed by atoms with E-state index in [0.717, 1.165) is 24.3 Å². The summed E-state index contributed by atoms with van der Waals surface area (Å²) in [5.74, 6) is 0.318. The minimum atomic E-state index is -0.125. The second-order valence-corrected chi connectivity index (χ2v) is 4.44. The molecule has 2 nitrogen and oxygen atoms in total. The highest BCUT2D eigenvalue weighted by atomic mass is 19.1. The van der Waals surface area contributed by atoms with Crippen LogP contribution in [0, 0.1) is 5.82 Å². The number of halogens is 1. The molecule has 2 heterocycles. The Bertz CT molecular complexity index is 378. The van der Waals surface area contributed by atoms with Crippen LogP contribution in [0.25, 0.3) is 0 Å². The number of benzene rings is 1. The molecule has 2 N–H and O–H groups in total. The summed E-state index contributed by atoms with van der Waals surface area (Å²) in [4.78, 5) is 0. The van der Waals surface area contributed by atoms with Crippen LogP contribution in [0.4, 0.5) is 10.1 Å². The molecule has 1 fully saturated rings. The smallest absolute Gasteiger partial charge is 0.123 e. The summed E-state index contributed by atoms with van der Waals surface area (Å²) >= 11 is 0. The molecule has 0 aliphatic carbocycles. The van der Waals surface area contributed by atoms with Crippen LogP contribution >= 0.6 is 0 Å². The third-order valence-electron chi connectivity index (χ3n) is 3.47. The Morgan fingerprint density at radius 1 is 1.33 bits per heavy atom. The lowest BCUT2D eigenvalue weighted by Crippen LogP contribution is -2.25. The van der Waals surface area contributed by atoms with Gasteiger partial charge >= 0.3 is 0 Å². The van der Waals surface area contributed by atoms with E-state index in [1.165, 1.54) is 18.9 Å². The van der Waals surface area contributed by atoms with Gasteiger partial charge in [-0.1, -0.05) is 0 Å². The van der Waals surface area contributed by atoms with E-state index in [2.05, 4.69) is 10.6 Å². The van der Waals surface area contributed by atoms with Crippen LogP contribution in [0.1, 0.15) is 24.3 Å². The van der Waals surface area contributed by atoms with E-state index in [1.54, 1.807) is 6.07 Å². The summed E-state index contributed by atoms with van der Waals surface area (Å²) in [5, 5.41) is 6.91. The van der Waals surface area contributed by atoms with Crippen LogP contribution in [0.15, 0.2) is 18.2 Å². The first kappa shape index (κ1) is 9.16. The van der Waals surface area contributed by atoms with Crippen molar-refractivity contribution in [1.82, 2.24) is 5.32 Å². The van der Waals surface area contributed by atoms with E-state index in [1.807, 2.05) is 6.07 Å². The molecular weight excluding hydrogens is 191 g/mol. The van der Waals surface area contributed by atoms with Gasteiger partial charge < -0.3 is 10.6 Å². The molecule has 0 saturated carbocycles. The maximum atomic E-state index is 13.2. The second-order valence-electron chi connectivity index (χ2n) is 4.44. The minimum Gasteiger partial charge on any atom is -0.381 e. The lowest BCUT2D eigenvalue weighted by Gasteiger charge is -2.16. The van der Waals surface area contributed by atoms with Crippen molar-refractivity contribution in [3.8, 4) is 0 Å². The highest BCUT2D eigenvalue weighted by Gasteiger charge is 2.32. The van der Waals surface area contributed by atoms with Gasteiger partial charge in [0.2, 0.25) is 0 Å². The van der Waals surface area contributed by atoms with Crippen molar-refractivity contribution in [2.45, 2.75) is 24.8 Å². The fourth-order valence-corrected chi connectivity index (χ4v) is 2.72. The fourth-order valence-electron chi connectivity index (χ4n) is 2.72. The van der Waals surface area contributed by atoms with Gasteiger partial charge in [0.1, 0.15) is 5.82 Å². The molecule has 2 atom stereocenters. The lowest BCUT2D eigenvalue weighted by molar-refractivity contribution is 0.574. The highest BCUT2D eigenvalue weighted by molar-refractivity contribution is 5.59. The zero-order valence-corrected chi connectivity index (χ0v) is 8.59. The SMILES string of the molecule is Fc1ccc2c(c1)[C@H]1CNCCC[C@H]1N2. The molecule has 2 aliphatic heterocycles. The van der Waals surface area contributed by atoms with Crippen LogP contribution in [-0.2, 0) is 0 Å². The van der Waals surface area contributed by atoms with Crippen molar-refractivity contribution in [2.75, 3.05) is 18.4 Å². The molecule has 0 unspecified atom stereocenters. The topological polar surface area (TPSA) is 24.1 Å². The largest absolute Gasteiger partial charge is 0.381 e. The molecule has 1 aromatic carbocycles. The maximum Gasteiger partial charge on any atom is 0.123 e. The molecular formula is C12H15FN2. The van der Waals surface area contributed by atoms with E-state index in [4.69, 9.17) is 0 Å². The number of hydrogen-bond acceptors (Lipinski definition) is 2. The van der Waals surface area contributed by atoms with Crippen LogP contribution in [0.5, 0.6) is 0 Å². The Labute approximate surface area is 88.9 Å². The van der Waals surface area contributed by atoms with Gasteiger partial charge in [0, 0.05) is 24.2 Å². The first-order valence-electron chi connectivity index (χ1n) is 5.61. The summed E-state index contributed by atoms with van der Waals surface area (Å²) in [7, 11) is 0. The van der Waals surface area contributed by atoms with Crippen molar-refractivity contribution in [3.05, 3.63) is 29.6 Å². The van der Waals surface area contributed by atoms with Crippen LogP contribution in [0.3, 0.4) is 0 Å². The molecule has 0 bridgehead atoms. The zero-order chi connectivity index (χ0) is 10.3. The van der Waals surface area contributed by atoms with E-state index in [9.17, 15) is 4.39 Å². The number of anilines is 1. The molecule has 0 amide bonds. The Morgan fingerprint density at radius 2 is 2.27 bits per heavy atom. The molecule has 3 rings (SSSR count). The van der Waals surface area contributed by atoms with Crippen molar-refractivity contribution in [3.63, 3.8) is 0 Å². The first-order chi connectivity index (χ1) is 7.34. The van der Waals surface area contributed by atoms with E-state index in [0.29, 0.717) is 12.0 Å². The van der Waals surface area contributed by atoms with Gasteiger partial charge in [-0.25, -0.2) is 4.39 Å². The van der Waals surface area contributed by atoms with Gasteiger partial charge in [0.15, 0.2) is 0 Å². The summed E-state index contributed by atoms with van der Waals surface area (Å²) in [5.41, 5.74) is 2.27. The summed E-state index contributed by atoms with van der Waals surface area (Å²) < 4.78 is 13.2. The molecule has 1 saturated heterocycles. The molecule has 0 aromatic heterocycles. The maximum absolute atomic E-state index is 13.2. The van der Waals surface area contributed by atoms with Crippen LogP contribution in [0.2, 0.25) is 0 Å². The van der Waals surface area contributed by atoms with E-state index >= 15 is 0 Å². The Morgan fingerprint density at radius 3 is 3.20 bits per heavy atom. The predicted octanol–water partition coefficient (Wildman–Crippen LogP) is 2.09. The normalized spacial score (nSPS) is 28.9. The number of fused-ring (bicyclic) bond motifs is 3. The Hall–Kier alpha value is -1.09. The van der Waals surface area contributed by atoms with Gasteiger partial charge in [0.25, 0.3) is 0 Å². The summed E-state index contributed by atoms with van der Waals surface area (Å²) in [6, 6.07) is 5.57. The standard InChI is InChI=1S/C12H15FN2/c13-8-3-4-12-9(6-8)10-7-14-5-1-2-11(10)15-12/h3-4,6,10-11,14-15H,1-2,5,7H2/t10-,11-/m1/s1. The minimum absolute atomic E-state index is 0.125. The van der Waals surface area contributed by atoms with Gasteiger partial charge in [-0.2, -0.15) is 0 Å². The van der Waals surface area contributed by atoms with Gasteiger partial charge in [-0.3, -0.25) is 0 Å². The number of hydrogen-bond donors (Lipinski definition) is 2. The molecule has 0 spiro atoms. The van der Waals surface area contributed by atoms with Crippen molar-refractivity contribution in [1.29, 1.82) is 0 Å². The predicted molar refractivity (Wildman–Crippen MR) is 58.7 cm³/mol. The first-order valence-corrected chi connectivity index (χ1v) is 5.61. The molecule has 0 radical (unpaired) electrons. The highest BCUT2D eigenvalue weighted by Crippen LogP contribution is 2.38. The molecule has 3 heteroatoms. The average molecular weight is 206 g/mol. The number of rotatable bonds is 0. The summed E-state index contributed by atoms with van der Waals surface area (Å²) in [6.45, 7) is 2.05. The third kappa shape index (κ3) is 1.51. The van der Waals surface area contributed by atoms with Crippen molar-refractivity contribution < 1.29 is 4.39 Å². The number of nitrogens with one attached hydrogen (secondary N) is 2. The van der Waals surface area contributed by atoms with E-state index < -0.39 is 0 Å².